The largest absolute Gasteiger partial charge is 0.384 e. The van der Waals surface area contributed by atoms with Crippen molar-refractivity contribution < 1.29 is 70.2 Å². The average Bonchev–Trinajstić information content (AvgIpc) is 2.76. The number of hydrogen-bond donors (Lipinski definition) is 0. The van der Waals surface area contributed by atoms with E-state index in [9.17, 15) is 70.2 Å². The second kappa shape index (κ2) is 11.8. The predicted octanol–water partition coefficient (Wildman–Crippen LogP) is 10.2. The summed E-state index contributed by atoms with van der Waals surface area (Å²) >= 11 is 0. The minimum Gasteiger partial charge on any atom is -0.200 e. The zero-order chi connectivity index (χ0) is 29.8. The monoisotopic (exact) mass is 582 g/mol. The molecule has 0 amide bonds. The van der Waals surface area contributed by atoms with Gasteiger partial charge < -0.3 is 0 Å². The molecule has 0 aromatic rings. The summed E-state index contributed by atoms with van der Waals surface area (Å²) in [4.78, 5) is 0. The SMILES string of the molecule is C=CCCC(F)(F)C(F)(F)C(F)(F)C(F)(F)C(F)(F)C(F)(F)C(F)(F)C(F)(F)CCCCCCCCC. The minimum absolute atomic E-state index is 0.119. The first-order chi connectivity index (χ1) is 16.4. The maximum atomic E-state index is 13.9. The Balaban J connectivity index is 6.12. The van der Waals surface area contributed by atoms with Gasteiger partial charge in [-0.05, 0) is 12.8 Å². The molecule has 0 saturated heterocycles. The maximum Gasteiger partial charge on any atom is 0.384 e. The van der Waals surface area contributed by atoms with Gasteiger partial charge in [0.05, 0.1) is 0 Å². The van der Waals surface area contributed by atoms with Crippen LogP contribution in [0.5, 0.6) is 0 Å². The molecule has 0 atom stereocenters. The molecule has 0 nitrogen and oxygen atoms in total. The van der Waals surface area contributed by atoms with Gasteiger partial charge in [-0.1, -0.05) is 51.5 Å². The van der Waals surface area contributed by atoms with Crippen LogP contribution < -0.4 is 0 Å². The lowest BCUT2D eigenvalue weighted by molar-refractivity contribution is -0.453. The van der Waals surface area contributed by atoms with Gasteiger partial charge in [0.15, 0.2) is 0 Å². The predicted molar refractivity (Wildman–Crippen MR) is 102 cm³/mol. The van der Waals surface area contributed by atoms with E-state index in [1.165, 1.54) is 0 Å². The van der Waals surface area contributed by atoms with Gasteiger partial charge in [-0.3, -0.25) is 0 Å². The van der Waals surface area contributed by atoms with Crippen LogP contribution in [0.2, 0.25) is 0 Å². The summed E-state index contributed by atoms with van der Waals surface area (Å²) in [5, 5.41) is 0. The summed E-state index contributed by atoms with van der Waals surface area (Å²) in [6.07, 6.45) is -4.30. The van der Waals surface area contributed by atoms with Crippen LogP contribution in [0.25, 0.3) is 0 Å². The lowest BCUT2D eigenvalue weighted by Gasteiger charge is -2.43. The van der Waals surface area contributed by atoms with Gasteiger partial charge in [-0.25, -0.2) is 0 Å². The summed E-state index contributed by atoms with van der Waals surface area (Å²) in [5.74, 6) is -60.4. The van der Waals surface area contributed by atoms with Crippen molar-refractivity contribution in [3.63, 3.8) is 0 Å². The van der Waals surface area contributed by atoms with E-state index >= 15 is 0 Å². The van der Waals surface area contributed by atoms with E-state index in [2.05, 4.69) is 6.58 Å². The zero-order valence-corrected chi connectivity index (χ0v) is 19.4. The standard InChI is InChI=1S/C21H26F16/c1-3-5-7-8-9-10-11-13-15(24,25)17(28,29)19(32,33)21(36,37)20(34,35)18(30,31)16(26,27)14(22,23)12-6-4-2/h4H,2-3,5-13H2,1H3. The molecule has 37 heavy (non-hydrogen) atoms. The van der Waals surface area contributed by atoms with Gasteiger partial charge in [0, 0.05) is 12.8 Å². The summed E-state index contributed by atoms with van der Waals surface area (Å²) < 4.78 is 220. The second-order valence-electron chi connectivity index (χ2n) is 8.55. The Morgan fingerprint density at radius 1 is 0.432 bits per heavy atom. The molecular weight excluding hydrogens is 556 g/mol. The Kier molecular flexibility index (Phi) is 11.3. The summed E-state index contributed by atoms with van der Waals surface area (Å²) in [6, 6.07) is 0. The molecule has 0 saturated carbocycles. The van der Waals surface area contributed by atoms with Gasteiger partial charge in [0.2, 0.25) is 0 Å². The number of unbranched alkanes of at least 4 members (excludes halogenated alkanes) is 6. The highest BCUT2D eigenvalue weighted by molar-refractivity contribution is 5.15. The second-order valence-corrected chi connectivity index (χ2v) is 8.55. The van der Waals surface area contributed by atoms with Gasteiger partial charge in [-0.15, -0.1) is 6.58 Å². The van der Waals surface area contributed by atoms with Crippen LogP contribution >= 0.6 is 0 Å². The van der Waals surface area contributed by atoms with Crippen LogP contribution in [0, 0.1) is 0 Å². The number of halogens is 16. The van der Waals surface area contributed by atoms with Crippen LogP contribution in [0.3, 0.4) is 0 Å². The zero-order valence-electron chi connectivity index (χ0n) is 19.4. The van der Waals surface area contributed by atoms with Gasteiger partial charge >= 0.3 is 47.4 Å². The van der Waals surface area contributed by atoms with Crippen molar-refractivity contribution in [3.8, 4) is 0 Å². The Hall–Kier alpha value is -1.38. The highest BCUT2D eigenvalue weighted by Gasteiger charge is 2.94. The third kappa shape index (κ3) is 6.27. The number of alkyl halides is 16. The lowest BCUT2D eigenvalue weighted by Crippen LogP contribution is -2.74. The van der Waals surface area contributed by atoms with Crippen LogP contribution in [0.15, 0.2) is 12.7 Å². The number of allylic oxidation sites excluding steroid dienone is 1. The fourth-order valence-corrected chi connectivity index (χ4v) is 3.15. The molecule has 0 spiro atoms. The lowest BCUT2D eigenvalue weighted by atomic mass is 9.86. The molecule has 222 valence electrons. The Bertz CT molecular complexity index is 726. The van der Waals surface area contributed by atoms with E-state index in [1.54, 1.807) is 0 Å². The molecule has 0 aliphatic carbocycles. The number of hydrogen-bond acceptors (Lipinski definition) is 0. The molecule has 0 aromatic carbocycles. The van der Waals surface area contributed by atoms with E-state index in [0.29, 0.717) is 25.3 Å². The molecule has 0 fully saturated rings. The third-order valence-electron chi connectivity index (χ3n) is 5.65. The highest BCUT2D eigenvalue weighted by Crippen LogP contribution is 2.64. The molecule has 0 bridgehead atoms. The summed E-state index contributed by atoms with van der Waals surface area (Å²) in [6.45, 7) is 4.55. The molecule has 0 radical (unpaired) electrons. The van der Waals surface area contributed by atoms with Crippen LogP contribution in [-0.2, 0) is 0 Å². The van der Waals surface area contributed by atoms with Crippen LogP contribution in [0.1, 0.15) is 71.1 Å². The van der Waals surface area contributed by atoms with E-state index in [4.69, 9.17) is 0 Å². The highest BCUT2D eigenvalue weighted by atomic mass is 19.4. The van der Waals surface area contributed by atoms with Crippen LogP contribution in [-0.4, -0.2) is 47.4 Å². The van der Waals surface area contributed by atoms with Gasteiger partial charge in [0.25, 0.3) is 0 Å². The Morgan fingerprint density at radius 2 is 0.730 bits per heavy atom. The van der Waals surface area contributed by atoms with Crippen molar-refractivity contribution in [1.82, 2.24) is 0 Å². The normalized spacial score (nSPS) is 15.3. The smallest absolute Gasteiger partial charge is 0.200 e. The third-order valence-corrected chi connectivity index (χ3v) is 5.65. The van der Waals surface area contributed by atoms with Crippen molar-refractivity contribution in [3.05, 3.63) is 12.7 Å². The van der Waals surface area contributed by atoms with Crippen molar-refractivity contribution >= 4 is 0 Å². The van der Waals surface area contributed by atoms with Crippen molar-refractivity contribution in [1.29, 1.82) is 0 Å². The molecule has 16 heteroatoms. The molecule has 0 aliphatic heterocycles. The molecule has 0 aromatic heterocycles. The fraction of sp³-hybridized carbons (Fsp3) is 0.905. The number of rotatable bonds is 18. The van der Waals surface area contributed by atoms with E-state index < -0.39 is 73.1 Å². The molecule has 0 unspecified atom stereocenters. The first-order valence-corrected chi connectivity index (χ1v) is 11.0. The molecule has 0 rings (SSSR count). The molecule has 0 aliphatic rings. The van der Waals surface area contributed by atoms with Crippen LogP contribution in [0.4, 0.5) is 70.2 Å². The minimum atomic E-state index is -8.36. The van der Waals surface area contributed by atoms with Gasteiger partial charge in [-0.2, -0.15) is 70.2 Å². The first kappa shape index (κ1) is 35.6. The van der Waals surface area contributed by atoms with Crippen molar-refractivity contribution in [2.45, 2.75) is 119 Å². The maximum absolute atomic E-state index is 13.9. The molecule has 0 heterocycles. The van der Waals surface area contributed by atoms with Crippen molar-refractivity contribution in [2.75, 3.05) is 0 Å². The van der Waals surface area contributed by atoms with Crippen molar-refractivity contribution in [2.24, 2.45) is 0 Å². The first-order valence-electron chi connectivity index (χ1n) is 11.0. The molecule has 0 N–H and O–H groups in total. The summed E-state index contributed by atoms with van der Waals surface area (Å²) in [7, 11) is 0. The Labute approximate surface area is 202 Å². The van der Waals surface area contributed by atoms with E-state index in [1.807, 2.05) is 6.92 Å². The topological polar surface area (TPSA) is 0 Å². The van der Waals surface area contributed by atoms with E-state index in [0.717, 1.165) is 6.42 Å². The summed E-state index contributed by atoms with van der Waals surface area (Å²) in [5.41, 5.74) is 0. The fourth-order valence-electron chi connectivity index (χ4n) is 3.15. The molecular formula is C21H26F16. The van der Waals surface area contributed by atoms with Gasteiger partial charge in [0.1, 0.15) is 0 Å². The Morgan fingerprint density at radius 3 is 1.08 bits per heavy atom. The van der Waals surface area contributed by atoms with E-state index in [-0.39, 0.29) is 12.8 Å². The average molecular weight is 582 g/mol. The quantitative estimate of drug-likeness (QED) is 0.0857.